The second-order valence-corrected chi connectivity index (χ2v) is 5.34. The van der Waals surface area contributed by atoms with E-state index in [2.05, 4.69) is 0 Å². The molecule has 0 unspecified atom stereocenters. The Morgan fingerprint density at radius 2 is 2.00 bits per heavy atom. The minimum Gasteiger partial charge on any atom is -0.412 e. The van der Waals surface area contributed by atoms with E-state index in [1.165, 1.54) is 0 Å². The van der Waals surface area contributed by atoms with E-state index in [9.17, 15) is 8.42 Å². The first-order chi connectivity index (χ1) is 5.52. The zero-order valence-corrected chi connectivity index (χ0v) is 7.63. The van der Waals surface area contributed by atoms with Gasteiger partial charge in [-0.25, -0.2) is 8.42 Å². The molecule has 0 aromatic heterocycles. The van der Waals surface area contributed by atoms with Crippen LogP contribution in [0.3, 0.4) is 0 Å². The van der Waals surface area contributed by atoms with E-state index >= 15 is 0 Å². The number of aliphatic hydroxyl groups excluding tert-OH is 1. The average Bonchev–Trinajstić information content (AvgIpc) is 2.04. The predicted octanol–water partition coefficient (Wildman–Crippen LogP) is -1.92. The highest BCUT2D eigenvalue weighted by molar-refractivity contribution is 7.92. The van der Waals surface area contributed by atoms with Crippen LogP contribution in [0.2, 0.25) is 0 Å². The molecule has 12 heavy (non-hydrogen) atoms. The molecule has 70 valence electrons. The first-order valence-electron chi connectivity index (χ1n) is 3.48. The fraction of sp³-hybridized carbons (Fsp3) is 1.00. The largest absolute Gasteiger partial charge is 0.438 e. The first kappa shape index (κ1) is 9.98. The number of rotatable bonds is 2. The van der Waals surface area contributed by atoms with Gasteiger partial charge in [-0.2, -0.15) is 0 Å². The third kappa shape index (κ3) is 1.63. The van der Waals surface area contributed by atoms with Gasteiger partial charge in [0, 0.05) is 6.26 Å². The second kappa shape index (κ2) is 3.33. The van der Waals surface area contributed by atoms with Crippen molar-refractivity contribution in [2.24, 2.45) is 0 Å². The van der Waals surface area contributed by atoms with Crippen LogP contribution in [0.25, 0.3) is 0 Å². The molecule has 0 aromatic rings. The van der Waals surface area contributed by atoms with Gasteiger partial charge in [0.25, 0.3) is 0 Å². The molecule has 0 aromatic carbocycles. The highest BCUT2D eigenvalue weighted by atomic mass is 32.2. The maximum atomic E-state index is 11.2. The van der Waals surface area contributed by atoms with Crippen molar-refractivity contribution in [1.29, 1.82) is 0 Å². The van der Waals surface area contributed by atoms with E-state index in [-0.39, 0.29) is 20.9 Å². The quantitative estimate of drug-likeness (QED) is 0.518. The Kier molecular flexibility index (Phi) is 2.77. The summed E-state index contributed by atoms with van der Waals surface area (Å²) in [7, 11) is -3.24. The lowest BCUT2D eigenvalue weighted by Gasteiger charge is -2.32. The summed E-state index contributed by atoms with van der Waals surface area (Å²) in [6.07, 6.45) is 1.07. The third-order valence-corrected chi connectivity index (χ3v) is 3.91. The number of sulfone groups is 1. The minimum absolute atomic E-state index is 0.00231. The predicted molar refractivity (Wildman–Crippen MR) is 43.7 cm³/mol. The van der Waals surface area contributed by atoms with Crippen LogP contribution in [0, 0.1) is 0 Å². The lowest BCUT2D eigenvalue weighted by atomic mass is 10.1. The van der Waals surface area contributed by atoms with Crippen LogP contribution in [0.5, 0.6) is 0 Å². The van der Waals surface area contributed by atoms with Gasteiger partial charge in [0.2, 0.25) is 0 Å². The van der Waals surface area contributed by atoms with E-state index in [0.29, 0.717) is 0 Å². The minimum atomic E-state index is -3.34. The molecule has 7 heteroatoms. The average molecular weight is 194 g/mol. The topological polar surface area (TPSA) is 72.8 Å². The number of hydrogen-bond donors (Lipinski definition) is 1. The monoisotopic (exact) mass is 194 g/mol. The van der Waals surface area contributed by atoms with Crippen LogP contribution in [-0.4, -0.2) is 52.0 Å². The molecular formula is C5H11BO5S. The maximum absolute atomic E-state index is 11.2. The molecule has 0 amide bonds. The molecule has 0 aliphatic carbocycles. The molecule has 1 rings (SSSR count). The molecule has 0 bridgehead atoms. The van der Waals surface area contributed by atoms with Gasteiger partial charge in [-0.15, -0.1) is 0 Å². The lowest BCUT2D eigenvalue weighted by molar-refractivity contribution is 0.0765. The zero-order chi connectivity index (χ0) is 9.24. The summed E-state index contributed by atoms with van der Waals surface area (Å²) in [4.78, 5) is 0. The van der Waals surface area contributed by atoms with Crippen LogP contribution >= 0.6 is 0 Å². The molecule has 0 saturated carbocycles. The van der Waals surface area contributed by atoms with E-state index in [1.54, 1.807) is 0 Å². The van der Waals surface area contributed by atoms with Gasteiger partial charge in [-0.3, -0.25) is 0 Å². The molecule has 1 N–H and O–H groups in total. The van der Waals surface area contributed by atoms with Crippen molar-refractivity contribution in [2.75, 3.05) is 26.1 Å². The van der Waals surface area contributed by atoms with Crippen molar-refractivity contribution in [3.63, 3.8) is 0 Å². The van der Waals surface area contributed by atoms with Gasteiger partial charge in [0.15, 0.2) is 9.84 Å². The summed E-state index contributed by atoms with van der Waals surface area (Å²) in [5.74, 6) is 0. The summed E-state index contributed by atoms with van der Waals surface area (Å²) in [6, 6.07) is 0. The van der Waals surface area contributed by atoms with E-state index in [4.69, 9.17) is 14.4 Å². The van der Waals surface area contributed by atoms with E-state index in [0.717, 1.165) is 6.26 Å². The summed E-state index contributed by atoms with van der Waals surface area (Å²) >= 11 is 0. The van der Waals surface area contributed by atoms with Gasteiger partial charge >= 0.3 is 7.69 Å². The van der Waals surface area contributed by atoms with Crippen molar-refractivity contribution in [3.8, 4) is 0 Å². The van der Waals surface area contributed by atoms with E-state index < -0.39 is 21.2 Å². The Labute approximate surface area is 71.9 Å². The van der Waals surface area contributed by atoms with Crippen molar-refractivity contribution in [3.05, 3.63) is 0 Å². The Hall–Kier alpha value is -0.105. The van der Waals surface area contributed by atoms with Crippen LogP contribution in [0.15, 0.2) is 0 Å². The summed E-state index contributed by atoms with van der Waals surface area (Å²) < 4.78 is 30.9. The number of hydrogen-bond acceptors (Lipinski definition) is 5. The lowest BCUT2D eigenvalue weighted by Crippen LogP contribution is -2.53. The Bertz CT molecular complexity index is 243. The van der Waals surface area contributed by atoms with Crippen LogP contribution in [0.1, 0.15) is 0 Å². The standard InChI is InChI=1S/C5H11BO5S/c1-12(8,9)5(2-7)3-10-6-11-4-5/h6-7H,2-4H2,1H3. The van der Waals surface area contributed by atoms with Crippen LogP contribution in [0.4, 0.5) is 0 Å². The summed E-state index contributed by atoms with van der Waals surface area (Å²) in [5.41, 5.74) is 0. The highest BCUT2D eigenvalue weighted by Gasteiger charge is 2.43. The molecular weight excluding hydrogens is 183 g/mol. The molecule has 1 fully saturated rings. The fourth-order valence-electron chi connectivity index (χ4n) is 0.979. The van der Waals surface area contributed by atoms with Crippen molar-refractivity contribution >= 4 is 17.5 Å². The van der Waals surface area contributed by atoms with Gasteiger partial charge in [-0.1, -0.05) is 0 Å². The molecule has 0 atom stereocenters. The normalized spacial score (nSPS) is 23.2. The van der Waals surface area contributed by atoms with E-state index in [1.807, 2.05) is 0 Å². The molecule has 1 aliphatic rings. The van der Waals surface area contributed by atoms with Crippen molar-refractivity contribution in [2.45, 2.75) is 4.75 Å². The van der Waals surface area contributed by atoms with Gasteiger partial charge in [0.1, 0.15) is 4.75 Å². The highest BCUT2D eigenvalue weighted by Crippen LogP contribution is 2.20. The second-order valence-electron chi connectivity index (χ2n) is 2.93. The molecule has 5 nitrogen and oxygen atoms in total. The SMILES string of the molecule is CS(=O)(=O)C1(CO)COBOC1. The smallest absolute Gasteiger partial charge is 0.412 e. The Morgan fingerprint density at radius 1 is 1.50 bits per heavy atom. The third-order valence-electron chi connectivity index (χ3n) is 1.97. The van der Waals surface area contributed by atoms with Crippen molar-refractivity contribution in [1.82, 2.24) is 0 Å². The molecule has 0 radical (unpaired) electrons. The summed E-state index contributed by atoms with van der Waals surface area (Å²) in [5, 5.41) is 8.94. The molecule has 0 spiro atoms. The van der Waals surface area contributed by atoms with Crippen LogP contribution in [-0.2, 0) is 19.1 Å². The van der Waals surface area contributed by atoms with Crippen LogP contribution < -0.4 is 0 Å². The fourth-order valence-corrected chi connectivity index (χ4v) is 1.81. The molecule has 1 heterocycles. The number of aliphatic hydroxyl groups is 1. The van der Waals surface area contributed by atoms with Gasteiger partial charge in [0.05, 0.1) is 19.8 Å². The summed E-state index contributed by atoms with van der Waals surface area (Å²) in [6.45, 7) is -0.462. The zero-order valence-electron chi connectivity index (χ0n) is 6.82. The Balaban J connectivity index is 2.88. The first-order valence-corrected chi connectivity index (χ1v) is 5.37. The maximum Gasteiger partial charge on any atom is 0.438 e. The Morgan fingerprint density at radius 3 is 2.25 bits per heavy atom. The van der Waals surface area contributed by atoms with Crippen molar-refractivity contribution < 1.29 is 22.8 Å². The molecule has 1 aliphatic heterocycles. The van der Waals surface area contributed by atoms with Gasteiger partial charge < -0.3 is 14.4 Å². The van der Waals surface area contributed by atoms with Gasteiger partial charge in [-0.05, 0) is 0 Å². The molecule has 1 saturated heterocycles.